The molecule has 26 heavy (non-hydrogen) atoms. The third kappa shape index (κ3) is 3.26. The normalized spacial score (nSPS) is 11.0. The number of rotatable bonds is 4. The molecule has 0 aliphatic carbocycles. The second kappa shape index (κ2) is 6.77. The molecule has 0 unspecified atom stereocenters. The van der Waals surface area contributed by atoms with Crippen LogP contribution in [0.4, 0.5) is 5.13 Å². The number of nitrogens with one attached hydrogen (secondary N) is 1. The number of anilines is 1. The molecule has 4 aromatic rings. The Bertz CT molecular complexity index is 1080. The Hall–Kier alpha value is -2.92. The van der Waals surface area contributed by atoms with Gasteiger partial charge in [-0.15, -0.1) is 11.3 Å². The van der Waals surface area contributed by atoms with Gasteiger partial charge in [0.05, 0.1) is 0 Å². The number of benzene rings is 2. The molecule has 0 aliphatic heterocycles. The van der Waals surface area contributed by atoms with Crippen LogP contribution in [0.3, 0.4) is 0 Å². The first-order valence-corrected chi connectivity index (χ1v) is 9.21. The van der Waals surface area contributed by atoms with Gasteiger partial charge in [-0.25, -0.2) is 4.98 Å². The van der Waals surface area contributed by atoms with Crippen LogP contribution in [-0.4, -0.2) is 10.9 Å². The monoisotopic (exact) mass is 362 g/mol. The summed E-state index contributed by atoms with van der Waals surface area (Å²) in [5.74, 6) is 0.0716. The minimum atomic E-state index is -0.267. The Morgan fingerprint density at radius 3 is 2.77 bits per heavy atom. The summed E-state index contributed by atoms with van der Waals surface area (Å²) in [6.07, 6.45) is 2.61. The van der Waals surface area contributed by atoms with E-state index in [0.717, 1.165) is 33.4 Å². The maximum atomic E-state index is 12.6. The van der Waals surface area contributed by atoms with E-state index in [1.54, 1.807) is 0 Å². The third-order valence-corrected chi connectivity index (χ3v) is 5.21. The summed E-state index contributed by atoms with van der Waals surface area (Å²) < 4.78 is 5.76. The number of aryl methyl sites for hydroxylation is 2. The van der Waals surface area contributed by atoms with Crippen molar-refractivity contribution in [3.05, 3.63) is 82.1 Å². The summed E-state index contributed by atoms with van der Waals surface area (Å²) in [6, 6.07) is 16.1. The van der Waals surface area contributed by atoms with E-state index in [-0.39, 0.29) is 5.91 Å². The molecule has 0 radical (unpaired) electrons. The molecule has 2 heterocycles. The van der Waals surface area contributed by atoms with Gasteiger partial charge < -0.3 is 4.42 Å². The van der Waals surface area contributed by atoms with Crippen LogP contribution in [-0.2, 0) is 6.42 Å². The first-order valence-electron chi connectivity index (χ1n) is 8.40. The average molecular weight is 362 g/mol. The molecule has 0 spiro atoms. The molecule has 0 saturated carbocycles. The number of carbonyl (C=O) groups is 1. The smallest absolute Gasteiger partial charge is 0.293 e. The fourth-order valence-corrected chi connectivity index (χ4v) is 3.79. The van der Waals surface area contributed by atoms with Gasteiger partial charge in [0.2, 0.25) is 0 Å². The number of aromatic nitrogens is 1. The Balaban J connectivity index is 1.53. The molecule has 0 atom stereocenters. The minimum Gasteiger partial charge on any atom is -0.451 e. The van der Waals surface area contributed by atoms with Gasteiger partial charge in [-0.2, -0.15) is 0 Å². The SMILES string of the molecule is Cc1ccc2oc(C(=O)Nc3ncc(Cc4ccccc4)s3)c(C)c2c1. The van der Waals surface area contributed by atoms with E-state index in [0.29, 0.717) is 10.9 Å². The first kappa shape index (κ1) is 16.5. The predicted octanol–water partition coefficient (Wildman–Crippen LogP) is 5.35. The molecule has 0 saturated heterocycles. The number of carbonyl (C=O) groups excluding carboxylic acids is 1. The highest BCUT2D eigenvalue weighted by Gasteiger charge is 2.19. The number of hydrogen-bond acceptors (Lipinski definition) is 4. The fourth-order valence-electron chi connectivity index (χ4n) is 2.95. The van der Waals surface area contributed by atoms with E-state index in [2.05, 4.69) is 22.4 Å². The van der Waals surface area contributed by atoms with E-state index in [1.807, 2.05) is 56.4 Å². The zero-order valence-corrected chi connectivity index (χ0v) is 15.4. The number of thiazole rings is 1. The lowest BCUT2D eigenvalue weighted by Crippen LogP contribution is -2.11. The third-order valence-electron chi connectivity index (χ3n) is 4.29. The average Bonchev–Trinajstić information content (AvgIpc) is 3.20. The van der Waals surface area contributed by atoms with Gasteiger partial charge in [-0.1, -0.05) is 42.0 Å². The zero-order chi connectivity index (χ0) is 18.1. The van der Waals surface area contributed by atoms with Crippen molar-refractivity contribution >= 4 is 33.3 Å². The molecule has 5 heteroatoms. The summed E-state index contributed by atoms with van der Waals surface area (Å²) in [6.45, 7) is 3.93. The second-order valence-electron chi connectivity index (χ2n) is 6.30. The lowest BCUT2D eigenvalue weighted by atomic mass is 10.1. The molecule has 1 N–H and O–H groups in total. The number of furan rings is 1. The first-order chi connectivity index (χ1) is 12.6. The van der Waals surface area contributed by atoms with Crippen LogP contribution in [0.25, 0.3) is 11.0 Å². The standard InChI is InChI=1S/C21H18N2O2S/c1-13-8-9-18-17(10-13)14(2)19(25-18)20(24)23-21-22-12-16(26-21)11-15-6-4-3-5-7-15/h3-10,12H,11H2,1-2H3,(H,22,23,24). The summed E-state index contributed by atoms with van der Waals surface area (Å²) >= 11 is 1.48. The van der Waals surface area contributed by atoms with Crippen LogP contribution in [0.2, 0.25) is 0 Å². The molecular weight excluding hydrogens is 344 g/mol. The van der Waals surface area contributed by atoms with Gasteiger partial charge in [0, 0.05) is 28.4 Å². The Labute approximate surface area is 155 Å². The van der Waals surface area contributed by atoms with Gasteiger partial charge in [0.1, 0.15) is 5.58 Å². The topological polar surface area (TPSA) is 55.1 Å². The van der Waals surface area contributed by atoms with Crippen LogP contribution < -0.4 is 5.32 Å². The van der Waals surface area contributed by atoms with Crippen LogP contribution in [0.15, 0.2) is 59.1 Å². The summed E-state index contributed by atoms with van der Waals surface area (Å²) in [5, 5.41) is 4.41. The number of hydrogen-bond donors (Lipinski definition) is 1. The van der Waals surface area contributed by atoms with Gasteiger partial charge in [0.25, 0.3) is 5.91 Å². The van der Waals surface area contributed by atoms with Gasteiger partial charge in [-0.3, -0.25) is 10.1 Å². The highest BCUT2D eigenvalue weighted by Crippen LogP contribution is 2.28. The van der Waals surface area contributed by atoms with E-state index < -0.39 is 0 Å². The Morgan fingerprint density at radius 1 is 1.15 bits per heavy atom. The van der Waals surface area contributed by atoms with Crippen LogP contribution >= 0.6 is 11.3 Å². The molecule has 4 rings (SSSR count). The van der Waals surface area contributed by atoms with E-state index in [4.69, 9.17) is 4.42 Å². The van der Waals surface area contributed by atoms with Crippen molar-refractivity contribution in [1.29, 1.82) is 0 Å². The van der Waals surface area contributed by atoms with Crippen molar-refractivity contribution in [2.75, 3.05) is 5.32 Å². The van der Waals surface area contributed by atoms with Crippen LogP contribution in [0, 0.1) is 13.8 Å². The highest BCUT2D eigenvalue weighted by atomic mass is 32.1. The summed E-state index contributed by atoms with van der Waals surface area (Å²) in [4.78, 5) is 18.0. The molecule has 4 nitrogen and oxygen atoms in total. The predicted molar refractivity (Wildman–Crippen MR) is 105 cm³/mol. The van der Waals surface area contributed by atoms with E-state index in [1.165, 1.54) is 16.9 Å². The Morgan fingerprint density at radius 2 is 1.96 bits per heavy atom. The maximum Gasteiger partial charge on any atom is 0.293 e. The second-order valence-corrected chi connectivity index (χ2v) is 7.42. The maximum absolute atomic E-state index is 12.6. The molecule has 0 bridgehead atoms. The van der Waals surface area contributed by atoms with Crippen molar-refractivity contribution in [2.24, 2.45) is 0 Å². The summed E-state index contributed by atoms with van der Waals surface area (Å²) in [5.41, 5.74) is 3.93. The van der Waals surface area contributed by atoms with Gasteiger partial charge in [0.15, 0.2) is 10.9 Å². The lowest BCUT2D eigenvalue weighted by Gasteiger charge is -1.99. The molecule has 1 amide bonds. The van der Waals surface area contributed by atoms with Crippen molar-refractivity contribution in [2.45, 2.75) is 20.3 Å². The van der Waals surface area contributed by atoms with Gasteiger partial charge in [-0.05, 0) is 31.5 Å². The number of nitrogens with zero attached hydrogens (tertiary/aromatic N) is 1. The van der Waals surface area contributed by atoms with Crippen molar-refractivity contribution in [3.63, 3.8) is 0 Å². The van der Waals surface area contributed by atoms with Crippen molar-refractivity contribution in [3.8, 4) is 0 Å². The number of fused-ring (bicyclic) bond motifs is 1. The van der Waals surface area contributed by atoms with E-state index in [9.17, 15) is 4.79 Å². The molecule has 2 aromatic carbocycles. The van der Waals surface area contributed by atoms with Crippen LogP contribution in [0.1, 0.15) is 32.1 Å². The quantitative estimate of drug-likeness (QED) is 0.532. The van der Waals surface area contributed by atoms with Crippen LogP contribution in [0.5, 0.6) is 0 Å². The zero-order valence-electron chi connectivity index (χ0n) is 14.6. The van der Waals surface area contributed by atoms with Crippen molar-refractivity contribution in [1.82, 2.24) is 4.98 Å². The van der Waals surface area contributed by atoms with E-state index >= 15 is 0 Å². The van der Waals surface area contributed by atoms with Crippen molar-refractivity contribution < 1.29 is 9.21 Å². The molecular formula is C21H18N2O2S. The van der Waals surface area contributed by atoms with Gasteiger partial charge >= 0.3 is 0 Å². The lowest BCUT2D eigenvalue weighted by molar-refractivity contribution is 0.0998. The largest absolute Gasteiger partial charge is 0.451 e. The minimum absolute atomic E-state index is 0.267. The molecule has 130 valence electrons. The molecule has 0 fully saturated rings. The highest BCUT2D eigenvalue weighted by molar-refractivity contribution is 7.15. The fraction of sp³-hybridized carbons (Fsp3) is 0.143. The Kier molecular flexibility index (Phi) is 4.31. The number of amides is 1. The molecule has 2 aromatic heterocycles. The molecule has 0 aliphatic rings. The summed E-state index contributed by atoms with van der Waals surface area (Å²) in [7, 11) is 0.